The molecule has 4 rings (SSSR count). The fraction of sp³-hybridized carbons (Fsp3) is 0. The summed E-state index contributed by atoms with van der Waals surface area (Å²) in [5.74, 6) is 0. The second-order valence-electron chi connectivity index (χ2n) is 3.43. The predicted octanol–water partition coefficient (Wildman–Crippen LogP) is 3.70. The van der Waals surface area contributed by atoms with E-state index in [1.54, 1.807) is 0 Å². The van der Waals surface area contributed by atoms with Gasteiger partial charge in [0.15, 0.2) is 0 Å². The summed E-state index contributed by atoms with van der Waals surface area (Å²) in [4.78, 5) is 0.985. The second kappa shape index (κ2) is 2.79. The van der Waals surface area contributed by atoms with Crippen molar-refractivity contribution < 1.29 is 0 Å². The zero-order valence-corrected chi connectivity index (χ0v) is 8.38. The van der Waals surface area contributed by atoms with Crippen LogP contribution in [0.4, 0.5) is 11.4 Å². The number of hydrogen-bond acceptors (Lipinski definition) is 2. The molecule has 2 aliphatic heterocycles. The first-order valence-electron chi connectivity index (χ1n) is 4.53. The van der Waals surface area contributed by atoms with Gasteiger partial charge in [0.2, 0.25) is 0 Å². The average Bonchev–Trinajstić information content (AvgIpc) is 2.45. The van der Waals surface area contributed by atoms with Gasteiger partial charge in [0.1, 0.15) is 0 Å². The molecular weight excluding hydrogens is 190 g/mol. The Morgan fingerprint density at radius 1 is 0.929 bits per heavy atom. The molecule has 0 spiro atoms. The fourth-order valence-corrected chi connectivity index (χ4v) is 1.98. The van der Waals surface area contributed by atoms with Crippen LogP contribution < -0.4 is 5.32 Å². The third kappa shape index (κ3) is 1.11. The summed E-state index contributed by atoms with van der Waals surface area (Å²) in [5.41, 5.74) is 4.76. The minimum Gasteiger partial charge on any atom is -0.355 e. The van der Waals surface area contributed by atoms with E-state index in [0.717, 1.165) is 16.3 Å². The SMILES string of the molecule is Sc1ccc2c(c1)Nc1ccc-2cc1. The van der Waals surface area contributed by atoms with Gasteiger partial charge >= 0.3 is 0 Å². The summed E-state index contributed by atoms with van der Waals surface area (Å²) in [5, 5.41) is 3.36. The van der Waals surface area contributed by atoms with Gasteiger partial charge in [-0.2, -0.15) is 0 Å². The fourth-order valence-electron chi connectivity index (χ4n) is 1.78. The Morgan fingerprint density at radius 3 is 2.50 bits per heavy atom. The predicted molar refractivity (Wildman–Crippen MR) is 62.4 cm³/mol. The van der Waals surface area contributed by atoms with Crippen LogP contribution in [-0.2, 0) is 0 Å². The first kappa shape index (κ1) is 7.94. The molecule has 2 aliphatic rings. The Kier molecular flexibility index (Phi) is 1.58. The van der Waals surface area contributed by atoms with E-state index in [-0.39, 0.29) is 0 Å². The molecule has 1 nitrogen and oxygen atoms in total. The highest BCUT2D eigenvalue weighted by atomic mass is 32.1. The number of rotatable bonds is 0. The molecule has 0 aliphatic carbocycles. The molecule has 68 valence electrons. The van der Waals surface area contributed by atoms with E-state index in [4.69, 9.17) is 0 Å². The van der Waals surface area contributed by atoms with E-state index in [9.17, 15) is 0 Å². The molecule has 0 unspecified atom stereocenters. The van der Waals surface area contributed by atoms with Gasteiger partial charge in [0, 0.05) is 21.8 Å². The molecule has 0 amide bonds. The first-order valence-corrected chi connectivity index (χ1v) is 4.98. The Balaban J connectivity index is 2.32. The monoisotopic (exact) mass is 199 g/mol. The molecule has 2 heterocycles. The maximum atomic E-state index is 4.33. The van der Waals surface area contributed by atoms with Gasteiger partial charge in [-0.15, -0.1) is 12.6 Å². The molecule has 2 aromatic rings. The summed E-state index contributed by atoms with van der Waals surface area (Å²) < 4.78 is 0. The molecule has 0 aromatic heterocycles. The lowest BCUT2D eigenvalue weighted by atomic mass is 10.1. The number of anilines is 2. The largest absolute Gasteiger partial charge is 0.355 e. The molecule has 1 N–H and O–H groups in total. The molecule has 0 saturated carbocycles. The van der Waals surface area contributed by atoms with Crippen molar-refractivity contribution in [3.63, 3.8) is 0 Å². The second-order valence-corrected chi connectivity index (χ2v) is 3.95. The molecule has 2 bridgehead atoms. The van der Waals surface area contributed by atoms with Crippen LogP contribution in [0.15, 0.2) is 47.4 Å². The Hall–Kier alpha value is -1.41. The van der Waals surface area contributed by atoms with E-state index >= 15 is 0 Å². The summed E-state index contributed by atoms with van der Waals surface area (Å²) in [6.45, 7) is 0. The van der Waals surface area contributed by atoms with Gasteiger partial charge in [-0.3, -0.25) is 0 Å². The van der Waals surface area contributed by atoms with Gasteiger partial charge < -0.3 is 5.32 Å². The van der Waals surface area contributed by atoms with Crippen molar-refractivity contribution in [1.29, 1.82) is 0 Å². The number of benzene rings is 2. The van der Waals surface area contributed by atoms with Crippen LogP contribution >= 0.6 is 12.6 Å². The van der Waals surface area contributed by atoms with Crippen LogP contribution in [0.5, 0.6) is 0 Å². The standard InChI is InChI=1S/C12H9NS/c14-10-5-6-11-8-1-3-9(4-2-8)13-12(11)7-10/h1-7,13-14H. The first-order chi connectivity index (χ1) is 6.83. The Bertz CT molecular complexity index is 488. The smallest absolute Gasteiger partial charge is 0.0475 e. The van der Waals surface area contributed by atoms with Crippen LogP contribution in [-0.4, -0.2) is 0 Å². The topological polar surface area (TPSA) is 12.0 Å². The van der Waals surface area contributed by atoms with Crippen molar-refractivity contribution in [3.05, 3.63) is 42.5 Å². The van der Waals surface area contributed by atoms with E-state index in [1.165, 1.54) is 11.1 Å². The van der Waals surface area contributed by atoms with Crippen molar-refractivity contribution in [2.45, 2.75) is 4.90 Å². The van der Waals surface area contributed by atoms with E-state index in [2.05, 4.69) is 54.3 Å². The van der Waals surface area contributed by atoms with Crippen LogP contribution in [0.1, 0.15) is 0 Å². The number of nitrogens with one attached hydrogen (secondary N) is 1. The minimum atomic E-state index is 0.985. The van der Waals surface area contributed by atoms with E-state index in [0.29, 0.717) is 0 Å². The van der Waals surface area contributed by atoms with Crippen LogP contribution in [0.2, 0.25) is 0 Å². The van der Waals surface area contributed by atoms with Crippen molar-refractivity contribution >= 4 is 24.0 Å². The number of hydrogen-bond donors (Lipinski definition) is 2. The molecule has 2 heteroatoms. The molecular formula is C12H9NS. The van der Waals surface area contributed by atoms with E-state index < -0.39 is 0 Å². The van der Waals surface area contributed by atoms with Crippen molar-refractivity contribution in [2.24, 2.45) is 0 Å². The van der Waals surface area contributed by atoms with Crippen LogP contribution in [0.3, 0.4) is 0 Å². The van der Waals surface area contributed by atoms with Crippen LogP contribution in [0.25, 0.3) is 11.1 Å². The van der Waals surface area contributed by atoms with Gasteiger partial charge in [-0.25, -0.2) is 0 Å². The maximum Gasteiger partial charge on any atom is 0.0475 e. The zero-order chi connectivity index (χ0) is 9.54. The molecule has 0 atom stereocenters. The lowest BCUT2D eigenvalue weighted by molar-refractivity contribution is 1.46. The van der Waals surface area contributed by atoms with Crippen molar-refractivity contribution in [1.82, 2.24) is 0 Å². The highest BCUT2D eigenvalue weighted by molar-refractivity contribution is 7.80. The minimum absolute atomic E-state index is 0.985. The highest BCUT2D eigenvalue weighted by Crippen LogP contribution is 2.36. The summed E-state index contributed by atoms with van der Waals surface area (Å²) in [7, 11) is 0. The average molecular weight is 199 g/mol. The zero-order valence-electron chi connectivity index (χ0n) is 7.49. The maximum absolute atomic E-state index is 4.33. The Labute approximate surface area is 88.2 Å². The molecule has 14 heavy (non-hydrogen) atoms. The van der Waals surface area contributed by atoms with Crippen molar-refractivity contribution in [3.8, 4) is 11.1 Å². The summed E-state index contributed by atoms with van der Waals surface area (Å²) in [6.07, 6.45) is 0. The third-order valence-electron chi connectivity index (χ3n) is 2.48. The summed E-state index contributed by atoms with van der Waals surface area (Å²) in [6, 6.07) is 14.6. The number of fused-ring (bicyclic) bond motifs is 2. The highest BCUT2D eigenvalue weighted by Gasteiger charge is 2.10. The lowest BCUT2D eigenvalue weighted by Gasteiger charge is -2.07. The Morgan fingerprint density at radius 2 is 1.71 bits per heavy atom. The van der Waals surface area contributed by atoms with Crippen molar-refractivity contribution in [2.75, 3.05) is 5.32 Å². The molecule has 0 fully saturated rings. The van der Waals surface area contributed by atoms with Gasteiger partial charge in [0.25, 0.3) is 0 Å². The molecule has 0 saturated heterocycles. The van der Waals surface area contributed by atoms with Gasteiger partial charge in [-0.05, 0) is 29.8 Å². The molecule has 0 radical (unpaired) electrons. The quantitative estimate of drug-likeness (QED) is 0.526. The van der Waals surface area contributed by atoms with E-state index in [1.807, 2.05) is 6.07 Å². The summed E-state index contributed by atoms with van der Waals surface area (Å²) >= 11 is 4.33. The molecule has 2 aromatic carbocycles. The van der Waals surface area contributed by atoms with Gasteiger partial charge in [-0.1, -0.05) is 18.2 Å². The third-order valence-corrected chi connectivity index (χ3v) is 2.76. The normalized spacial score (nSPS) is 11.8. The van der Waals surface area contributed by atoms with Crippen LogP contribution in [0, 0.1) is 0 Å². The number of thiol groups is 1. The lowest BCUT2D eigenvalue weighted by Crippen LogP contribution is -1.88. The van der Waals surface area contributed by atoms with Gasteiger partial charge in [0.05, 0.1) is 0 Å².